The summed E-state index contributed by atoms with van der Waals surface area (Å²) in [5, 5.41) is 11.6. The summed E-state index contributed by atoms with van der Waals surface area (Å²) >= 11 is 3.42. The van der Waals surface area contributed by atoms with E-state index in [4.69, 9.17) is 0 Å². The Bertz CT molecular complexity index is 409. The van der Waals surface area contributed by atoms with E-state index in [0.29, 0.717) is 0 Å². The highest BCUT2D eigenvalue weighted by atomic mass is 79.9. The monoisotopic (exact) mass is 284 g/mol. The van der Waals surface area contributed by atoms with Gasteiger partial charge < -0.3 is 4.90 Å². The molecule has 0 atom stereocenters. The van der Waals surface area contributed by atoms with E-state index in [1.54, 1.807) is 12.1 Å². The van der Waals surface area contributed by atoms with Crippen molar-refractivity contribution in [1.82, 2.24) is 0 Å². The Morgan fingerprint density at radius 3 is 3.00 bits per heavy atom. The highest BCUT2D eigenvalue weighted by Crippen LogP contribution is 2.30. The van der Waals surface area contributed by atoms with Gasteiger partial charge in [0, 0.05) is 36.2 Å². The maximum absolute atomic E-state index is 10.7. The van der Waals surface area contributed by atoms with Gasteiger partial charge in [-0.25, -0.2) is 0 Å². The van der Waals surface area contributed by atoms with Gasteiger partial charge in [-0.05, 0) is 24.5 Å². The first-order valence-corrected chi connectivity index (χ1v) is 6.43. The molecule has 2 rings (SSSR count). The maximum atomic E-state index is 10.7. The predicted octanol–water partition coefficient (Wildman–Crippen LogP) is 2.74. The molecule has 1 aromatic carbocycles. The first-order valence-electron chi connectivity index (χ1n) is 5.30. The zero-order valence-corrected chi connectivity index (χ0v) is 10.4. The molecular formula is C11H13BrN2O2. The van der Waals surface area contributed by atoms with E-state index in [1.807, 2.05) is 6.07 Å². The zero-order valence-electron chi connectivity index (χ0n) is 8.86. The standard InChI is InChI=1S/C11H13BrN2O2/c12-5-7-13-6-1-2-9-8-10(14(15)16)3-4-11(9)13/h3-4,8H,1-2,5-7H2. The van der Waals surface area contributed by atoms with Crippen LogP contribution in [0.4, 0.5) is 11.4 Å². The molecule has 0 radical (unpaired) electrons. The Kier molecular flexibility index (Phi) is 3.43. The molecule has 1 aromatic rings. The van der Waals surface area contributed by atoms with E-state index in [1.165, 1.54) is 0 Å². The van der Waals surface area contributed by atoms with Crippen LogP contribution in [-0.2, 0) is 6.42 Å². The van der Waals surface area contributed by atoms with Crippen molar-refractivity contribution in [3.8, 4) is 0 Å². The molecule has 0 fully saturated rings. The molecule has 1 aliphatic rings. The van der Waals surface area contributed by atoms with Crippen molar-refractivity contribution >= 4 is 27.3 Å². The number of benzene rings is 1. The van der Waals surface area contributed by atoms with Crippen LogP contribution in [0.5, 0.6) is 0 Å². The van der Waals surface area contributed by atoms with Gasteiger partial charge in [-0.15, -0.1) is 0 Å². The molecule has 1 heterocycles. The van der Waals surface area contributed by atoms with Crippen molar-refractivity contribution < 1.29 is 4.92 Å². The maximum Gasteiger partial charge on any atom is 0.269 e. The van der Waals surface area contributed by atoms with Crippen LogP contribution in [0.15, 0.2) is 18.2 Å². The number of rotatable bonds is 3. The molecule has 0 unspecified atom stereocenters. The normalized spacial score (nSPS) is 14.7. The molecule has 0 aromatic heterocycles. The number of anilines is 1. The molecule has 0 spiro atoms. The van der Waals surface area contributed by atoms with Crippen molar-refractivity contribution in [2.75, 3.05) is 23.3 Å². The van der Waals surface area contributed by atoms with Gasteiger partial charge in [0.25, 0.3) is 5.69 Å². The lowest BCUT2D eigenvalue weighted by Gasteiger charge is -2.30. The van der Waals surface area contributed by atoms with Gasteiger partial charge in [-0.3, -0.25) is 10.1 Å². The second-order valence-corrected chi connectivity index (χ2v) is 4.64. The third-order valence-electron chi connectivity index (χ3n) is 2.84. The van der Waals surface area contributed by atoms with E-state index in [0.717, 1.165) is 42.5 Å². The molecule has 0 amide bonds. The SMILES string of the molecule is O=[N+]([O-])c1ccc2c(c1)CCCN2CCBr. The summed E-state index contributed by atoms with van der Waals surface area (Å²) in [6, 6.07) is 5.16. The summed E-state index contributed by atoms with van der Waals surface area (Å²) < 4.78 is 0. The van der Waals surface area contributed by atoms with E-state index in [-0.39, 0.29) is 10.6 Å². The number of fused-ring (bicyclic) bond motifs is 1. The molecule has 0 bridgehead atoms. The number of non-ortho nitro benzene ring substituents is 1. The van der Waals surface area contributed by atoms with E-state index >= 15 is 0 Å². The van der Waals surface area contributed by atoms with Gasteiger partial charge in [0.15, 0.2) is 0 Å². The number of hydrogen-bond acceptors (Lipinski definition) is 3. The van der Waals surface area contributed by atoms with Gasteiger partial charge in [0.05, 0.1) is 4.92 Å². The summed E-state index contributed by atoms with van der Waals surface area (Å²) in [5.74, 6) is 0. The number of nitro benzene ring substituents is 1. The molecule has 0 aliphatic carbocycles. The van der Waals surface area contributed by atoms with Gasteiger partial charge in [0.2, 0.25) is 0 Å². The fraction of sp³-hybridized carbons (Fsp3) is 0.455. The number of halogens is 1. The van der Waals surface area contributed by atoms with Crippen LogP contribution in [0.3, 0.4) is 0 Å². The van der Waals surface area contributed by atoms with Gasteiger partial charge in [-0.1, -0.05) is 15.9 Å². The summed E-state index contributed by atoms with van der Waals surface area (Å²) in [6.07, 6.45) is 2.01. The molecule has 0 saturated heterocycles. The van der Waals surface area contributed by atoms with Crippen LogP contribution in [0, 0.1) is 10.1 Å². The minimum absolute atomic E-state index is 0.194. The number of nitro groups is 1. The average molecular weight is 285 g/mol. The second kappa shape index (κ2) is 4.82. The van der Waals surface area contributed by atoms with Crippen molar-refractivity contribution in [3.05, 3.63) is 33.9 Å². The lowest BCUT2D eigenvalue weighted by molar-refractivity contribution is -0.384. The average Bonchev–Trinajstić information content (AvgIpc) is 2.29. The molecule has 4 nitrogen and oxygen atoms in total. The lowest BCUT2D eigenvalue weighted by atomic mass is 10.0. The fourth-order valence-electron chi connectivity index (χ4n) is 2.11. The lowest BCUT2D eigenvalue weighted by Crippen LogP contribution is -2.30. The Balaban J connectivity index is 2.32. The van der Waals surface area contributed by atoms with Crippen LogP contribution < -0.4 is 4.90 Å². The smallest absolute Gasteiger partial charge is 0.269 e. The summed E-state index contributed by atoms with van der Waals surface area (Å²) in [7, 11) is 0. The highest BCUT2D eigenvalue weighted by molar-refractivity contribution is 9.09. The van der Waals surface area contributed by atoms with Crippen molar-refractivity contribution in [2.24, 2.45) is 0 Å². The zero-order chi connectivity index (χ0) is 11.5. The number of aryl methyl sites for hydroxylation is 1. The number of nitrogens with zero attached hydrogens (tertiary/aromatic N) is 2. The molecule has 86 valence electrons. The van der Waals surface area contributed by atoms with Crippen LogP contribution in [-0.4, -0.2) is 23.3 Å². The largest absolute Gasteiger partial charge is 0.370 e. The van der Waals surface area contributed by atoms with Crippen LogP contribution >= 0.6 is 15.9 Å². The number of alkyl halides is 1. The molecule has 0 saturated carbocycles. The van der Waals surface area contributed by atoms with E-state index < -0.39 is 0 Å². The van der Waals surface area contributed by atoms with E-state index in [2.05, 4.69) is 20.8 Å². The second-order valence-electron chi connectivity index (χ2n) is 3.85. The van der Waals surface area contributed by atoms with Crippen molar-refractivity contribution in [3.63, 3.8) is 0 Å². The Morgan fingerprint density at radius 2 is 2.31 bits per heavy atom. The van der Waals surface area contributed by atoms with Gasteiger partial charge >= 0.3 is 0 Å². The molecule has 1 aliphatic heterocycles. The third-order valence-corrected chi connectivity index (χ3v) is 3.20. The molecular weight excluding hydrogens is 272 g/mol. The minimum atomic E-state index is -0.330. The topological polar surface area (TPSA) is 46.4 Å². The van der Waals surface area contributed by atoms with Crippen LogP contribution in [0.25, 0.3) is 0 Å². The third kappa shape index (κ3) is 2.19. The predicted molar refractivity (Wildman–Crippen MR) is 67.4 cm³/mol. The first kappa shape index (κ1) is 11.4. The van der Waals surface area contributed by atoms with Crippen molar-refractivity contribution in [1.29, 1.82) is 0 Å². The fourth-order valence-corrected chi connectivity index (χ4v) is 2.54. The van der Waals surface area contributed by atoms with Gasteiger partial charge in [-0.2, -0.15) is 0 Å². The summed E-state index contributed by atoms with van der Waals surface area (Å²) in [4.78, 5) is 12.6. The highest BCUT2D eigenvalue weighted by Gasteiger charge is 2.18. The van der Waals surface area contributed by atoms with Crippen molar-refractivity contribution in [2.45, 2.75) is 12.8 Å². The van der Waals surface area contributed by atoms with Gasteiger partial charge in [0.1, 0.15) is 0 Å². The van der Waals surface area contributed by atoms with Crippen LogP contribution in [0.1, 0.15) is 12.0 Å². The molecule has 5 heteroatoms. The Hall–Kier alpha value is -1.10. The van der Waals surface area contributed by atoms with E-state index in [9.17, 15) is 10.1 Å². The Morgan fingerprint density at radius 1 is 1.50 bits per heavy atom. The molecule has 0 N–H and O–H groups in total. The quantitative estimate of drug-likeness (QED) is 0.487. The Labute approximate surface area is 103 Å². The number of hydrogen-bond donors (Lipinski definition) is 0. The molecule has 16 heavy (non-hydrogen) atoms. The first-order chi connectivity index (χ1) is 7.72. The minimum Gasteiger partial charge on any atom is -0.370 e. The summed E-state index contributed by atoms with van der Waals surface area (Å²) in [5.41, 5.74) is 2.44. The van der Waals surface area contributed by atoms with Crippen LogP contribution in [0.2, 0.25) is 0 Å². The summed E-state index contributed by atoms with van der Waals surface area (Å²) in [6.45, 7) is 1.99.